The smallest absolute Gasteiger partial charge is 0.237 e. The molecule has 0 radical (unpaired) electrons. The Labute approximate surface area is 208 Å². The zero-order valence-corrected chi connectivity index (χ0v) is 20.3. The molecule has 0 bridgehead atoms. The van der Waals surface area contributed by atoms with Gasteiger partial charge in [-0.3, -0.25) is 9.59 Å². The number of benzene rings is 2. The Morgan fingerprint density at radius 3 is 2.56 bits per heavy atom. The lowest BCUT2D eigenvalue weighted by Crippen LogP contribution is -2.47. The summed E-state index contributed by atoms with van der Waals surface area (Å²) in [5, 5.41) is 2.93. The van der Waals surface area contributed by atoms with Crippen LogP contribution >= 0.6 is 0 Å². The number of anilines is 1. The number of rotatable bonds is 3. The van der Waals surface area contributed by atoms with Crippen molar-refractivity contribution < 1.29 is 18.4 Å². The van der Waals surface area contributed by atoms with Gasteiger partial charge < -0.3 is 10.2 Å². The van der Waals surface area contributed by atoms with Crippen LogP contribution in [0.25, 0.3) is 0 Å². The van der Waals surface area contributed by atoms with Crippen LogP contribution < -0.4 is 5.32 Å². The maximum Gasteiger partial charge on any atom is 0.237 e. The summed E-state index contributed by atoms with van der Waals surface area (Å²) in [6, 6.07) is 13.0. The standard InChI is InChI=1S/C29H27F2N3O2/c1-28(2)8-7-24(19-11-21(30)13-22(31)12-19)34(27(28)36)16-17-5-6-18-14-29(15-20(18)10-17)23-4-3-9-32-25(23)33-26(29)35/h3-6,9-13,24H,7-8,14-16H2,1-2H3,(H,32,33,35)/t24-,29+/m0/s1. The Balaban J connectivity index is 1.32. The number of aromatic nitrogens is 1. The molecule has 2 atom stereocenters. The molecule has 1 spiro atoms. The van der Waals surface area contributed by atoms with E-state index in [0.29, 0.717) is 43.6 Å². The summed E-state index contributed by atoms with van der Waals surface area (Å²) in [5.74, 6) is -0.725. The van der Waals surface area contributed by atoms with Crippen LogP contribution in [-0.2, 0) is 34.4 Å². The van der Waals surface area contributed by atoms with E-state index in [9.17, 15) is 18.4 Å². The van der Waals surface area contributed by atoms with Crippen LogP contribution in [0, 0.1) is 17.0 Å². The predicted molar refractivity (Wildman–Crippen MR) is 131 cm³/mol. The number of nitrogens with one attached hydrogen (secondary N) is 1. The van der Waals surface area contributed by atoms with Gasteiger partial charge in [0.1, 0.15) is 17.5 Å². The van der Waals surface area contributed by atoms with Gasteiger partial charge in [-0.1, -0.05) is 38.1 Å². The maximum absolute atomic E-state index is 14.0. The molecule has 5 nitrogen and oxygen atoms in total. The van der Waals surface area contributed by atoms with Crippen molar-refractivity contribution in [2.24, 2.45) is 5.41 Å². The second-order valence-electron chi connectivity index (χ2n) is 11.0. The first-order chi connectivity index (χ1) is 17.2. The normalized spacial score (nSPS) is 24.1. The van der Waals surface area contributed by atoms with E-state index in [-0.39, 0.29) is 11.8 Å². The topological polar surface area (TPSA) is 62.3 Å². The van der Waals surface area contributed by atoms with Gasteiger partial charge in [0.25, 0.3) is 0 Å². The second kappa shape index (κ2) is 7.95. The van der Waals surface area contributed by atoms with Crippen molar-refractivity contribution in [2.45, 2.75) is 57.5 Å². The summed E-state index contributed by atoms with van der Waals surface area (Å²) < 4.78 is 28.1. The number of nitrogens with zero attached hydrogens (tertiary/aromatic N) is 2. The van der Waals surface area contributed by atoms with Crippen LogP contribution in [-0.4, -0.2) is 21.7 Å². The van der Waals surface area contributed by atoms with Crippen LogP contribution in [0.3, 0.4) is 0 Å². The largest absolute Gasteiger partial charge is 0.331 e. The highest BCUT2D eigenvalue weighted by molar-refractivity contribution is 6.06. The van der Waals surface area contributed by atoms with Crippen molar-refractivity contribution in [1.29, 1.82) is 0 Å². The molecule has 3 aliphatic rings. The number of amides is 2. The second-order valence-corrected chi connectivity index (χ2v) is 11.0. The highest BCUT2D eigenvalue weighted by Crippen LogP contribution is 2.47. The van der Waals surface area contributed by atoms with E-state index in [0.717, 1.165) is 28.3 Å². The Kier molecular flexibility index (Phi) is 5.04. The molecule has 1 aromatic heterocycles. The minimum atomic E-state index is -0.658. The van der Waals surface area contributed by atoms with Gasteiger partial charge in [0.2, 0.25) is 11.8 Å². The molecule has 1 saturated heterocycles. The monoisotopic (exact) mass is 487 g/mol. The average Bonchev–Trinajstić information content (AvgIpc) is 3.34. The molecule has 1 N–H and O–H groups in total. The SMILES string of the molecule is CC1(C)CC[C@@H](c2cc(F)cc(F)c2)N(Cc2ccc3c(c2)C[C@@]2(C3)C(=O)Nc3ncccc32)C1=O. The first-order valence-corrected chi connectivity index (χ1v) is 12.3. The van der Waals surface area contributed by atoms with Crippen LogP contribution in [0.15, 0.2) is 54.7 Å². The number of hydrogen-bond donors (Lipinski definition) is 1. The molecule has 184 valence electrons. The zero-order valence-electron chi connectivity index (χ0n) is 20.3. The van der Waals surface area contributed by atoms with E-state index < -0.39 is 28.5 Å². The van der Waals surface area contributed by atoms with Gasteiger partial charge >= 0.3 is 0 Å². The molecule has 36 heavy (non-hydrogen) atoms. The van der Waals surface area contributed by atoms with Gasteiger partial charge in [0, 0.05) is 29.8 Å². The van der Waals surface area contributed by atoms with E-state index in [1.807, 2.05) is 38.1 Å². The van der Waals surface area contributed by atoms with Gasteiger partial charge in [0.15, 0.2) is 0 Å². The van der Waals surface area contributed by atoms with E-state index in [4.69, 9.17) is 0 Å². The Morgan fingerprint density at radius 1 is 1.03 bits per heavy atom. The minimum Gasteiger partial charge on any atom is -0.331 e. The molecular weight excluding hydrogens is 460 g/mol. The summed E-state index contributed by atoms with van der Waals surface area (Å²) in [6.07, 6.45) is 4.11. The zero-order chi connectivity index (χ0) is 25.2. The van der Waals surface area contributed by atoms with E-state index in [1.54, 1.807) is 11.1 Å². The Bertz CT molecular complexity index is 1400. The predicted octanol–water partition coefficient (Wildman–Crippen LogP) is 5.24. The molecule has 1 aliphatic carbocycles. The molecule has 2 amide bonds. The van der Waals surface area contributed by atoms with Gasteiger partial charge in [-0.25, -0.2) is 13.8 Å². The molecule has 0 saturated carbocycles. The fourth-order valence-electron chi connectivity index (χ4n) is 6.20. The number of likely N-dealkylation sites (tertiary alicyclic amines) is 1. The third-order valence-corrected chi connectivity index (χ3v) is 8.13. The molecule has 6 rings (SSSR count). The number of pyridine rings is 1. The summed E-state index contributed by atoms with van der Waals surface area (Å²) in [5.41, 5.74) is 3.31. The van der Waals surface area contributed by atoms with Crippen LogP contribution in [0.4, 0.5) is 14.6 Å². The molecule has 2 aliphatic heterocycles. The highest BCUT2D eigenvalue weighted by Gasteiger charge is 2.51. The molecular formula is C29H27F2N3O2. The lowest BCUT2D eigenvalue weighted by atomic mass is 9.78. The molecule has 1 fully saturated rings. The third-order valence-electron chi connectivity index (χ3n) is 8.13. The Hall–Kier alpha value is -3.61. The van der Waals surface area contributed by atoms with E-state index in [2.05, 4.69) is 16.4 Å². The molecule has 2 aromatic carbocycles. The van der Waals surface area contributed by atoms with Gasteiger partial charge in [-0.15, -0.1) is 0 Å². The van der Waals surface area contributed by atoms with Crippen LogP contribution in [0.1, 0.15) is 60.5 Å². The first kappa shape index (κ1) is 22.8. The van der Waals surface area contributed by atoms with E-state index >= 15 is 0 Å². The molecule has 3 aromatic rings. The van der Waals surface area contributed by atoms with Crippen LogP contribution in [0.2, 0.25) is 0 Å². The van der Waals surface area contributed by atoms with Crippen molar-refractivity contribution in [3.63, 3.8) is 0 Å². The van der Waals surface area contributed by atoms with Crippen molar-refractivity contribution in [1.82, 2.24) is 9.88 Å². The minimum absolute atomic E-state index is 0.0319. The summed E-state index contributed by atoms with van der Waals surface area (Å²) in [7, 11) is 0. The molecule has 0 unspecified atom stereocenters. The number of carbonyl (C=O) groups is 2. The fraction of sp³-hybridized carbons (Fsp3) is 0.345. The average molecular weight is 488 g/mol. The summed E-state index contributed by atoms with van der Waals surface area (Å²) in [6.45, 7) is 4.17. The van der Waals surface area contributed by atoms with Crippen molar-refractivity contribution in [3.8, 4) is 0 Å². The number of carbonyl (C=O) groups excluding carboxylic acids is 2. The lowest BCUT2D eigenvalue weighted by Gasteiger charge is -2.43. The summed E-state index contributed by atoms with van der Waals surface area (Å²) >= 11 is 0. The van der Waals surface area contributed by atoms with E-state index in [1.165, 1.54) is 12.1 Å². The van der Waals surface area contributed by atoms with Crippen molar-refractivity contribution in [2.75, 3.05) is 5.32 Å². The van der Waals surface area contributed by atoms with Crippen LogP contribution in [0.5, 0.6) is 0 Å². The van der Waals surface area contributed by atoms with Gasteiger partial charge in [0.05, 0.1) is 11.5 Å². The highest BCUT2D eigenvalue weighted by atomic mass is 19.1. The Morgan fingerprint density at radius 2 is 1.78 bits per heavy atom. The van der Waals surface area contributed by atoms with Gasteiger partial charge in [-0.2, -0.15) is 0 Å². The number of fused-ring (bicyclic) bond motifs is 3. The lowest BCUT2D eigenvalue weighted by molar-refractivity contribution is -0.149. The third kappa shape index (κ3) is 3.52. The first-order valence-electron chi connectivity index (χ1n) is 12.3. The number of hydrogen-bond acceptors (Lipinski definition) is 3. The quantitative estimate of drug-likeness (QED) is 0.550. The van der Waals surface area contributed by atoms with Crippen molar-refractivity contribution in [3.05, 3.63) is 94.2 Å². The number of halogens is 2. The molecule has 3 heterocycles. The van der Waals surface area contributed by atoms with Crippen molar-refractivity contribution >= 4 is 17.6 Å². The number of piperidine rings is 1. The van der Waals surface area contributed by atoms with Gasteiger partial charge in [-0.05, 0) is 66.1 Å². The maximum atomic E-state index is 14.0. The fourth-order valence-corrected chi connectivity index (χ4v) is 6.20. The summed E-state index contributed by atoms with van der Waals surface area (Å²) in [4.78, 5) is 32.6. The molecule has 7 heteroatoms.